The Labute approximate surface area is 128 Å². The van der Waals surface area contributed by atoms with Gasteiger partial charge in [0, 0.05) is 30.4 Å². The van der Waals surface area contributed by atoms with E-state index >= 15 is 0 Å². The molecule has 0 unspecified atom stereocenters. The molecule has 1 saturated carbocycles. The number of benzene rings is 1. The molecule has 1 aromatic carbocycles. The van der Waals surface area contributed by atoms with E-state index in [0.717, 1.165) is 12.5 Å². The Bertz CT molecular complexity index is 571. The molecule has 1 aliphatic carbocycles. The van der Waals surface area contributed by atoms with Crippen LogP contribution in [0, 0.1) is 5.92 Å². The van der Waals surface area contributed by atoms with Crippen LogP contribution in [0.25, 0.3) is 10.8 Å². The molecule has 1 fully saturated rings. The summed E-state index contributed by atoms with van der Waals surface area (Å²) in [6.07, 6.45) is 12.1. The fourth-order valence-electron chi connectivity index (χ4n) is 3.57. The summed E-state index contributed by atoms with van der Waals surface area (Å²) in [6.45, 7) is 3.29. The standard InChI is InChI=1S/C19H26N2/c1-2-3-15-5-8-19(9-6-15)21-13-16-4-7-18-14-20-11-10-17(18)12-16/h4,7,10-12,14-15,19,21H,2-3,5-6,8-9,13H2,1H3. The van der Waals surface area contributed by atoms with Gasteiger partial charge in [0.25, 0.3) is 0 Å². The van der Waals surface area contributed by atoms with Crippen LogP contribution in [0.4, 0.5) is 0 Å². The van der Waals surface area contributed by atoms with E-state index in [1.807, 2.05) is 12.4 Å². The molecule has 1 heterocycles. The van der Waals surface area contributed by atoms with Gasteiger partial charge in [0.2, 0.25) is 0 Å². The maximum Gasteiger partial charge on any atom is 0.0346 e. The number of hydrogen-bond acceptors (Lipinski definition) is 2. The Kier molecular flexibility index (Phi) is 4.87. The van der Waals surface area contributed by atoms with Crippen molar-refractivity contribution in [1.82, 2.24) is 10.3 Å². The number of nitrogens with zero attached hydrogens (tertiary/aromatic N) is 1. The normalized spacial score (nSPS) is 22.5. The average Bonchev–Trinajstić information content (AvgIpc) is 2.54. The summed E-state index contributed by atoms with van der Waals surface area (Å²) in [5.41, 5.74) is 1.38. The molecule has 2 nitrogen and oxygen atoms in total. The van der Waals surface area contributed by atoms with Crippen molar-refractivity contribution < 1.29 is 0 Å². The molecule has 1 aromatic heterocycles. The first kappa shape index (κ1) is 14.5. The van der Waals surface area contributed by atoms with E-state index in [1.54, 1.807) is 0 Å². The first-order valence-electron chi connectivity index (χ1n) is 8.41. The third-order valence-electron chi connectivity index (χ3n) is 4.84. The van der Waals surface area contributed by atoms with Crippen molar-refractivity contribution >= 4 is 10.8 Å². The minimum atomic E-state index is 0.714. The van der Waals surface area contributed by atoms with Crippen LogP contribution >= 0.6 is 0 Å². The van der Waals surface area contributed by atoms with E-state index in [9.17, 15) is 0 Å². The summed E-state index contributed by atoms with van der Waals surface area (Å²) in [5, 5.41) is 6.26. The number of fused-ring (bicyclic) bond motifs is 1. The van der Waals surface area contributed by atoms with Crippen LogP contribution in [0.5, 0.6) is 0 Å². The van der Waals surface area contributed by atoms with Gasteiger partial charge in [-0.15, -0.1) is 0 Å². The molecule has 3 rings (SSSR count). The second-order valence-corrected chi connectivity index (χ2v) is 6.44. The van der Waals surface area contributed by atoms with E-state index in [1.165, 1.54) is 54.9 Å². The van der Waals surface area contributed by atoms with Gasteiger partial charge in [-0.1, -0.05) is 31.9 Å². The highest BCUT2D eigenvalue weighted by atomic mass is 14.9. The number of nitrogens with one attached hydrogen (secondary N) is 1. The summed E-state index contributed by atoms with van der Waals surface area (Å²) in [7, 11) is 0. The highest BCUT2D eigenvalue weighted by Crippen LogP contribution is 2.28. The quantitative estimate of drug-likeness (QED) is 0.861. The zero-order chi connectivity index (χ0) is 14.5. The molecule has 2 aromatic rings. The lowest BCUT2D eigenvalue weighted by atomic mass is 9.83. The van der Waals surface area contributed by atoms with Crippen LogP contribution in [0.2, 0.25) is 0 Å². The zero-order valence-electron chi connectivity index (χ0n) is 13.0. The second-order valence-electron chi connectivity index (χ2n) is 6.44. The summed E-state index contributed by atoms with van der Waals surface area (Å²) in [5.74, 6) is 0.987. The molecule has 0 saturated heterocycles. The van der Waals surface area contributed by atoms with Gasteiger partial charge in [-0.2, -0.15) is 0 Å². The number of aromatic nitrogens is 1. The van der Waals surface area contributed by atoms with Crippen LogP contribution in [0.15, 0.2) is 36.7 Å². The summed E-state index contributed by atoms with van der Waals surface area (Å²) in [4.78, 5) is 4.17. The molecular weight excluding hydrogens is 256 g/mol. The van der Waals surface area contributed by atoms with Crippen molar-refractivity contribution in [2.45, 2.75) is 58.0 Å². The maximum absolute atomic E-state index is 4.17. The Morgan fingerprint density at radius 2 is 1.95 bits per heavy atom. The maximum atomic E-state index is 4.17. The SMILES string of the molecule is CCCC1CCC(NCc2ccc3cnccc3c2)CC1. The van der Waals surface area contributed by atoms with Gasteiger partial charge in [0.05, 0.1) is 0 Å². The fourth-order valence-corrected chi connectivity index (χ4v) is 3.57. The lowest BCUT2D eigenvalue weighted by Crippen LogP contribution is -2.32. The summed E-state index contributed by atoms with van der Waals surface area (Å²) < 4.78 is 0. The van der Waals surface area contributed by atoms with Gasteiger partial charge in [-0.25, -0.2) is 0 Å². The molecule has 2 heteroatoms. The predicted octanol–water partition coefficient (Wildman–Crippen LogP) is 4.68. The van der Waals surface area contributed by atoms with Crippen molar-refractivity contribution in [1.29, 1.82) is 0 Å². The van der Waals surface area contributed by atoms with Crippen LogP contribution in [-0.2, 0) is 6.54 Å². The van der Waals surface area contributed by atoms with Crippen molar-refractivity contribution in [2.75, 3.05) is 0 Å². The third kappa shape index (κ3) is 3.82. The molecule has 0 spiro atoms. The van der Waals surface area contributed by atoms with Crippen molar-refractivity contribution in [2.24, 2.45) is 5.92 Å². The van der Waals surface area contributed by atoms with Gasteiger partial charge in [-0.05, 0) is 54.7 Å². The minimum absolute atomic E-state index is 0.714. The molecule has 0 atom stereocenters. The average molecular weight is 282 g/mol. The van der Waals surface area contributed by atoms with Crippen LogP contribution in [-0.4, -0.2) is 11.0 Å². The fraction of sp³-hybridized carbons (Fsp3) is 0.526. The van der Waals surface area contributed by atoms with Crippen molar-refractivity contribution in [3.63, 3.8) is 0 Å². The molecule has 1 N–H and O–H groups in total. The first-order chi connectivity index (χ1) is 10.3. The molecule has 0 aliphatic heterocycles. The molecule has 0 amide bonds. The highest BCUT2D eigenvalue weighted by Gasteiger charge is 2.19. The monoisotopic (exact) mass is 282 g/mol. The number of pyridine rings is 1. The Morgan fingerprint density at radius 3 is 2.76 bits per heavy atom. The van der Waals surface area contributed by atoms with Crippen LogP contribution in [0.3, 0.4) is 0 Å². The minimum Gasteiger partial charge on any atom is -0.310 e. The second kappa shape index (κ2) is 7.04. The predicted molar refractivity (Wildman–Crippen MR) is 89.2 cm³/mol. The molecule has 0 radical (unpaired) electrons. The first-order valence-corrected chi connectivity index (χ1v) is 8.41. The lowest BCUT2D eigenvalue weighted by molar-refractivity contribution is 0.277. The van der Waals surface area contributed by atoms with E-state index in [4.69, 9.17) is 0 Å². The summed E-state index contributed by atoms with van der Waals surface area (Å²) >= 11 is 0. The Hall–Kier alpha value is -1.41. The van der Waals surface area contributed by atoms with E-state index < -0.39 is 0 Å². The Balaban J connectivity index is 1.52. The van der Waals surface area contributed by atoms with Crippen molar-refractivity contribution in [3.8, 4) is 0 Å². The third-order valence-corrected chi connectivity index (χ3v) is 4.84. The molecule has 112 valence electrons. The summed E-state index contributed by atoms with van der Waals surface area (Å²) in [6, 6.07) is 9.49. The van der Waals surface area contributed by atoms with E-state index in [-0.39, 0.29) is 0 Å². The largest absolute Gasteiger partial charge is 0.310 e. The van der Waals surface area contributed by atoms with E-state index in [0.29, 0.717) is 6.04 Å². The Morgan fingerprint density at radius 1 is 1.10 bits per heavy atom. The lowest BCUT2D eigenvalue weighted by Gasteiger charge is -2.29. The van der Waals surface area contributed by atoms with Gasteiger partial charge in [-0.3, -0.25) is 4.98 Å². The molecule has 21 heavy (non-hydrogen) atoms. The van der Waals surface area contributed by atoms with Gasteiger partial charge in [0.1, 0.15) is 0 Å². The molecule has 0 bridgehead atoms. The topological polar surface area (TPSA) is 24.9 Å². The van der Waals surface area contributed by atoms with Crippen LogP contribution in [0.1, 0.15) is 51.0 Å². The highest BCUT2D eigenvalue weighted by molar-refractivity contribution is 5.81. The number of rotatable bonds is 5. The van der Waals surface area contributed by atoms with Gasteiger partial charge in [0.15, 0.2) is 0 Å². The zero-order valence-corrected chi connectivity index (χ0v) is 13.0. The number of hydrogen-bond donors (Lipinski definition) is 1. The van der Waals surface area contributed by atoms with Crippen molar-refractivity contribution in [3.05, 3.63) is 42.2 Å². The van der Waals surface area contributed by atoms with Gasteiger partial charge < -0.3 is 5.32 Å². The molecular formula is C19H26N2. The smallest absolute Gasteiger partial charge is 0.0346 e. The van der Waals surface area contributed by atoms with E-state index in [2.05, 4.69) is 41.5 Å². The van der Waals surface area contributed by atoms with Crippen LogP contribution < -0.4 is 5.32 Å². The van der Waals surface area contributed by atoms with Gasteiger partial charge >= 0.3 is 0 Å². The molecule has 1 aliphatic rings.